The summed E-state index contributed by atoms with van der Waals surface area (Å²) in [4.78, 5) is 0. The summed E-state index contributed by atoms with van der Waals surface area (Å²) in [6.45, 7) is 2.38. The van der Waals surface area contributed by atoms with Gasteiger partial charge in [0.05, 0.1) is 6.10 Å². The van der Waals surface area contributed by atoms with Crippen LogP contribution in [0.15, 0.2) is 0 Å². The molecule has 0 aromatic rings. The van der Waals surface area contributed by atoms with Crippen molar-refractivity contribution in [2.75, 3.05) is 0 Å². The Labute approximate surface area is 78.3 Å². The van der Waals surface area contributed by atoms with Crippen LogP contribution in [0.1, 0.15) is 32.6 Å². The SMILES string of the molecule is C[C@@]12CC[C@]3(O)O[C@@H]1C[C@@H]1C[C@H]3[C@@H]12. The first-order valence-electron chi connectivity index (χ1n) is 5.54. The van der Waals surface area contributed by atoms with Crippen molar-refractivity contribution in [2.45, 2.75) is 44.5 Å². The third kappa shape index (κ3) is 0.556. The first-order chi connectivity index (χ1) is 6.13. The fourth-order valence-electron chi connectivity index (χ4n) is 4.75. The Morgan fingerprint density at radius 1 is 1.31 bits per heavy atom. The average molecular weight is 180 g/mol. The molecule has 2 aliphatic heterocycles. The Morgan fingerprint density at radius 2 is 2.15 bits per heavy atom. The van der Waals surface area contributed by atoms with Gasteiger partial charge in [-0.25, -0.2) is 0 Å². The first-order valence-corrected chi connectivity index (χ1v) is 5.54. The van der Waals surface area contributed by atoms with Gasteiger partial charge in [0.25, 0.3) is 0 Å². The van der Waals surface area contributed by atoms with Crippen molar-refractivity contribution >= 4 is 0 Å². The molecule has 0 aromatic carbocycles. The molecule has 72 valence electrons. The van der Waals surface area contributed by atoms with Gasteiger partial charge in [0.15, 0.2) is 5.79 Å². The molecule has 0 spiro atoms. The van der Waals surface area contributed by atoms with E-state index in [1.54, 1.807) is 0 Å². The third-order valence-electron chi connectivity index (χ3n) is 5.46. The number of ether oxygens (including phenoxy) is 1. The van der Waals surface area contributed by atoms with E-state index < -0.39 is 5.79 Å². The fourth-order valence-corrected chi connectivity index (χ4v) is 4.75. The molecule has 0 radical (unpaired) electrons. The zero-order valence-corrected chi connectivity index (χ0v) is 7.99. The molecule has 0 amide bonds. The highest BCUT2D eigenvalue weighted by atomic mass is 16.6. The van der Waals surface area contributed by atoms with Crippen LogP contribution in [-0.4, -0.2) is 17.0 Å². The van der Waals surface area contributed by atoms with E-state index in [1.165, 1.54) is 19.3 Å². The van der Waals surface area contributed by atoms with Gasteiger partial charge in [-0.3, -0.25) is 0 Å². The topological polar surface area (TPSA) is 29.5 Å². The molecule has 6 atom stereocenters. The number of hydrogen-bond donors (Lipinski definition) is 1. The number of rotatable bonds is 0. The standard InChI is InChI=1S/C11H16O2/c1-10-2-3-11(12)7-4-6(9(7)10)5-8(10)13-11/h6-9,12H,2-5H2,1H3/t6-,7-,8+,9+,10+,11-/m0/s1. The van der Waals surface area contributed by atoms with Gasteiger partial charge in [-0.2, -0.15) is 0 Å². The van der Waals surface area contributed by atoms with Crippen molar-refractivity contribution in [1.82, 2.24) is 0 Å². The molecule has 3 aliphatic carbocycles. The normalized spacial score (nSPS) is 72.5. The van der Waals surface area contributed by atoms with Gasteiger partial charge >= 0.3 is 0 Å². The molecule has 2 nitrogen and oxygen atoms in total. The molecule has 5 fully saturated rings. The molecule has 3 saturated carbocycles. The predicted octanol–water partition coefficient (Wildman–Crippen LogP) is 1.53. The van der Waals surface area contributed by atoms with Crippen LogP contribution >= 0.6 is 0 Å². The highest BCUT2D eigenvalue weighted by Gasteiger charge is 2.73. The second kappa shape index (κ2) is 1.70. The van der Waals surface area contributed by atoms with E-state index in [0.717, 1.165) is 18.3 Å². The highest BCUT2D eigenvalue weighted by Crippen LogP contribution is 2.73. The largest absolute Gasteiger partial charge is 0.365 e. The zero-order valence-electron chi connectivity index (χ0n) is 7.99. The zero-order chi connectivity index (χ0) is 8.84. The van der Waals surface area contributed by atoms with E-state index in [0.29, 0.717) is 17.4 Å². The van der Waals surface area contributed by atoms with Crippen molar-refractivity contribution < 1.29 is 9.84 Å². The maximum atomic E-state index is 10.3. The van der Waals surface area contributed by atoms with Crippen molar-refractivity contribution in [1.29, 1.82) is 0 Å². The van der Waals surface area contributed by atoms with Crippen LogP contribution in [0.3, 0.4) is 0 Å². The summed E-state index contributed by atoms with van der Waals surface area (Å²) in [5.74, 6) is 1.45. The number of fused-ring (bicyclic) bond motifs is 1. The van der Waals surface area contributed by atoms with Crippen LogP contribution in [0.2, 0.25) is 0 Å². The molecule has 0 aromatic heterocycles. The molecule has 5 rings (SSSR count). The second-order valence-corrected chi connectivity index (χ2v) is 5.82. The molecular weight excluding hydrogens is 164 g/mol. The molecule has 2 heteroatoms. The second-order valence-electron chi connectivity index (χ2n) is 5.82. The van der Waals surface area contributed by atoms with E-state index in [-0.39, 0.29) is 0 Å². The van der Waals surface area contributed by atoms with Gasteiger partial charge in [0, 0.05) is 12.3 Å². The van der Waals surface area contributed by atoms with Crippen molar-refractivity contribution in [2.24, 2.45) is 23.2 Å². The lowest BCUT2D eigenvalue weighted by Gasteiger charge is -2.63. The third-order valence-corrected chi connectivity index (χ3v) is 5.46. The quantitative estimate of drug-likeness (QED) is 0.612. The predicted molar refractivity (Wildman–Crippen MR) is 46.9 cm³/mol. The lowest BCUT2D eigenvalue weighted by atomic mass is 9.49. The molecule has 2 heterocycles. The molecular formula is C11H16O2. The smallest absolute Gasteiger partial charge is 0.168 e. The molecule has 13 heavy (non-hydrogen) atoms. The summed E-state index contributed by atoms with van der Waals surface area (Å²) in [7, 11) is 0. The summed E-state index contributed by atoms with van der Waals surface area (Å²) in [5, 5.41) is 10.3. The number of hydrogen-bond acceptors (Lipinski definition) is 2. The first kappa shape index (κ1) is 7.24. The van der Waals surface area contributed by atoms with Crippen LogP contribution in [-0.2, 0) is 4.74 Å². The fraction of sp³-hybridized carbons (Fsp3) is 1.00. The van der Waals surface area contributed by atoms with Crippen LogP contribution in [0.4, 0.5) is 0 Å². The lowest BCUT2D eigenvalue weighted by Crippen LogP contribution is -2.65. The Kier molecular flexibility index (Phi) is 0.947. The Bertz CT molecular complexity index is 290. The van der Waals surface area contributed by atoms with Crippen molar-refractivity contribution in [3.05, 3.63) is 0 Å². The van der Waals surface area contributed by atoms with Gasteiger partial charge in [0.1, 0.15) is 0 Å². The average Bonchev–Trinajstić information content (AvgIpc) is 2.18. The summed E-state index contributed by atoms with van der Waals surface area (Å²) in [5.41, 5.74) is 0.429. The van der Waals surface area contributed by atoms with E-state index in [4.69, 9.17) is 4.74 Å². The summed E-state index contributed by atoms with van der Waals surface area (Å²) in [6.07, 6.45) is 4.90. The summed E-state index contributed by atoms with van der Waals surface area (Å²) < 4.78 is 5.88. The van der Waals surface area contributed by atoms with Crippen LogP contribution < -0.4 is 0 Å². The van der Waals surface area contributed by atoms with Crippen LogP contribution in [0.25, 0.3) is 0 Å². The lowest BCUT2D eigenvalue weighted by molar-refractivity contribution is -0.367. The molecule has 2 saturated heterocycles. The van der Waals surface area contributed by atoms with E-state index in [2.05, 4.69) is 6.92 Å². The summed E-state index contributed by atoms with van der Waals surface area (Å²) >= 11 is 0. The molecule has 0 unspecified atom stereocenters. The molecule has 1 N–H and O–H groups in total. The maximum absolute atomic E-state index is 10.3. The van der Waals surface area contributed by atoms with Gasteiger partial charge < -0.3 is 9.84 Å². The van der Waals surface area contributed by atoms with E-state index in [9.17, 15) is 5.11 Å². The van der Waals surface area contributed by atoms with E-state index in [1.807, 2.05) is 0 Å². The number of aliphatic hydroxyl groups is 1. The molecule has 4 bridgehead atoms. The van der Waals surface area contributed by atoms with Gasteiger partial charge in [0.2, 0.25) is 0 Å². The van der Waals surface area contributed by atoms with Crippen LogP contribution in [0, 0.1) is 23.2 Å². The van der Waals surface area contributed by atoms with Crippen molar-refractivity contribution in [3.63, 3.8) is 0 Å². The Balaban J connectivity index is 1.90. The minimum atomic E-state index is -0.708. The summed E-state index contributed by atoms with van der Waals surface area (Å²) in [6, 6.07) is 0. The van der Waals surface area contributed by atoms with Gasteiger partial charge in [-0.15, -0.1) is 0 Å². The van der Waals surface area contributed by atoms with Crippen LogP contribution in [0.5, 0.6) is 0 Å². The Morgan fingerprint density at radius 3 is 3.00 bits per heavy atom. The monoisotopic (exact) mass is 180 g/mol. The minimum absolute atomic E-state index is 0.375. The van der Waals surface area contributed by atoms with Gasteiger partial charge in [-0.1, -0.05) is 6.92 Å². The molecule has 5 aliphatic rings. The Hall–Kier alpha value is -0.0800. The minimum Gasteiger partial charge on any atom is -0.365 e. The van der Waals surface area contributed by atoms with E-state index >= 15 is 0 Å². The van der Waals surface area contributed by atoms with Crippen molar-refractivity contribution in [3.8, 4) is 0 Å². The van der Waals surface area contributed by atoms with Gasteiger partial charge in [-0.05, 0) is 36.5 Å². The maximum Gasteiger partial charge on any atom is 0.168 e. The highest BCUT2D eigenvalue weighted by molar-refractivity contribution is 5.19.